The van der Waals surface area contributed by atoms with Gasteiger partial charge in [0, 0.05) is 18.0 Å². The Balaban J connectivity index is 2.19. The van der Waals surface area contributed by atoms with Crippen LogP contribution in [0.25, 0.3) is 0 Å². The van der Waals surface area contributed by atoms with E-state index >= 15 is 0 Å². The predicted octanol–water partition coefficient (Wildman–Crippen LogP) is 2.64. The monoisotopic (exact) mass is 324 g/mol. The van der Waals surface area contributed by atoms with Gasteiger partial charge >= 0.3 is 0 Å². The lowest BCUT2D eigenvalue weighted by Gasteiger charge is -2.12. The Labute approximate surface area is 130 Å². The molecular weight excluding hydrogens is 304 g/mol. The second kappa shape index (κ2) is 7.17. The average molecular weight is 324 g/mol. The maximum absolute atomic E-state index is 12.4. The van der Waals surface area contributed by atoms with E-state index in [1.807, 2.05) is 37.4 Å². The predicted molar refractivity (Wildman–Crippen MR) is 86.9 cm³/mol. The summed E-state index contributed by atoms with van der Waals surface area (Å²) in [4.78, 5) is 1.36. The van der Waals surface area contributed by atoms with Gasteiger partial charge in [-0.1, -0.05) is 25.1 Å². The summed E-state index contributed by atoms with van der Waals surface area (Å²) >= 11 is 1.54. The van der Waals surface area contributed by atoms with Gasteiger partial charge in [-0.05, 0) is 42.1 Å². The highest BCUT2D eigenvalue weighted by atomic mass is 32.2. The molecule has 0 radical (unpaired) electrons. The Hall–Kier alpha value is -1.21. The summed E-state index contributed by atoms with van der Waals surface area (Å²) in [7, 11) is -3.49. The molecule has 0 saturated heterocycles. The highest BCUT2D eigenvalue weighted by Crippen LogP contribution is 2.19. The summed E-state index contributed by atoms with van der Waals surface area (Å²) in [6.07, 6.45) is 0. The van der Waals surface area contributed by atoms with Crippen molar-refractivity contribution in [1.29, 1.82) is 0 Å². The Morgan fingerprint density at radius 3 is 2.62 bits per heavy atom. The van der Waals surface area contributed by atoms with E-state index in [0.717, 1.165) is 22.5 Å². The van der Waals surface area contributed by atoms with Crippen molar-refractivity contribution >= 4 is 21.4 Å². The number of hydrogen-bond acceptors (Lipinski definition) is 4. The van der Waals surface area contributed by atoms with Crippen LogP contribution in [-0.2, 0) is 23.1 Å². The van der Waals surface area contributed by atoms with Crippen LogP contribution < -0.4 is 10.0 Å². The fraction of sp³-hybridized carbons (Fsp3) is 0.333. The van der Waals surface area contributed by atoms with E-state index < -0.39 is 10.0 Å². The van der Waals surface area contributed by atoms with E-state index in [2.05, 4.69) is 10.0 Å². The topological polar surface area (TPSA) is 58.2 Å². The van der Waals surface area contributed by atoms with Crippen molar-refractivity contribution in [3.8, 4) is 0 Å². The van der Waals surface area contributed by atoms with E-state index in [1.54, 1.807) is 23.5 Å². The summed E-state index contributed by atoms with van der Waals surface area (Å²) in [6.45, 7) is 5.74. The molecule has 2 rings (SSSR count). The third kappa shape index (κ3) is 4.14. The van der Waals surface area contributed by atoms with Gasteiger partial charge in [-0.25, -0.2) is 13.1 Å². The minimum absolute atomic E-state index is 0.330. The van der Waals surface area contributed by atoms with Crippen LogP contribution in [0.5, 0.6) is 0 Å². The van der Waals surface area contributed by atoms with Crippen LogP contribution in [0.3, 0.4) is 0 Å². The third-order valence-corrected chi connectivity index (χ3v) is 5.69. The van der Waals surface area contributed by atoms with E-state index in [-0.39, 0.29) is 0 Å². The molecule has 0 spiro atoms. The summed E-state index contributed by atoms with van der Waals surface area (Å²) in [5.41, 5.74) is 1.81. The van der Waals surface area contributed by atoms with Gasteiger partial charge < -0.3 is 5.32 Å². The standard InChI is InChI=1S/C15H20N2O2S2/c1-3-16-10-13-6-4-8-15(12(13)2)21(18,19)17-11-14-7-5-9-20-14/h4-9,16-17H,3,10-11H2,1-2H3. The summed E-state index contributed by atoms with van der Waals surface area (Å²) in [6, 6.07) is 9.23. The molecule has 4 nitrogen and oxygen atoms in total. The largest absolute Gasteiger partial charge is 0.313 e. The normalized spacial score (nSPS) is 11.7. The number of nitrogens with one attached hydrogen (secondary N) is 2. The minimum atomic E-state index is -3.49. The van der Waals surface area contributed by atoms with Crippen molar-refractivity contribution in [2.45, 2.75) is 31.8 Å². The molecule has 0 amide bonds. The number of benzene rings is 1. The molecule has 1 aromatic carbocycles. The molecule has 2 aromatic rings. The molecule has 0 aliphatic heterocycles. The molecule has 0 aliphatic rings. The number of rotatable bonds is 7. The molecule has 0 aliphatic carbocycles. The molecule has 0 saturated carbocycles. The third-order valence-electron chi connectivity index (χ3n) is 3.27. The van der Waals surface area contributed by atoms with Gasteiger partial charge in [-0.15, -0.1) is 11.3 Å². The molecule has 0 unspecified atom stereocenters. The van der Waals surface area contributed by atoms with Gasteiger partial charge in [0.1, 0.15) is 0 Å². The van der Waals surface area contributed by atoms with Crippen molar-refractivity contribution in [2.24, 2.45) is 0 Å². The lowest BCUT2D eigenvalue weighted by molar-refractivity contribution is 0.580. The maximum atomic E-state index is 12.4. The molecule has 1 heterocycles. The van der Waals surface area contributed by atoms with Gasteiger partial charge in [-0.2, -0.15) is 0 Å². The first kappa shape index (κ1) is 16.2. The molecule has 0 bridgehead atoms. The van der Waals surface area contributed by atoms with E-state index in [4.69, 9.17) is 0 Å². The SMILES string of the molecule is CCNCc1cccc(S(=O)(=O)NCc2cccs2)c1C. The van der Waals surface area contributed by atoms with Crippen molar-refractivity contribution in [3.63, 3.8) is 0 Å². The summed E-state index contributed by atoms with van der Waals surface area (Å²) < 4.78 is 27.6. The summed E-state index contributed by atoms with van der Waals surface area (Å²) in [5, 5.41) is 5.16. The zero-order valence-corrected chi connectivity index (χ0v) is 13.9. The van der Waals surface area contributed by atoms with E-state index in [1.165, 1.54) is 0 Å². The number of thiophene rings is 1. The molecule has 2 N–H and O–H groups in total. The zero-order chi connectivity index (χ0) is 15.3. The fourth-order valence-electron chi connectivity index (χ4n) is 2.06. The van der Waals surface area contributed by atoms with Crippen LogP contribution >= 0.6 is 11.3 Å². The molecule has 0 fully saturated rings. The maximum Gasteiger partial charge on any atom is 0.241 e. The van der Waals surface area contributed by atoms with Gasteiger partial charge in [0.2, 0.25) is 10.0 Å². The van der Waals surface area contributed by atoms with Crippen molar-refractivity contribution in [3.05, 3.63) is 51.7 Å². The molecule has 1 aromatic heterocycles. The Bertz CT molecular complexity index is 680. The minimum Gasteiger partial charge on any atom is -0.313 e. The first-order valence-corrected chi connectivity index (χ1v) is 9.22. The first-order valence-electron chi connectivity index (χ1n) is 6.86. The highest BCUT2D eigenvalue weighted by molar-refractivity contribution is 7.89. The van der Waals surface area contributed by atoms with Crippen LogP contribution in [0.4, 0.5) is 0 Å². The number of hydrogen-bond donors (Lipinski definition) is 2. The van der Waals surface area contributed by atoms with Crippen LogP contribution in [-0.4, -0.2) is 15.0 Å². The Morgan fingerprint density at radius 2 is 1.95 bits per heavy atom. The lowest BCUT2D eigenvalue weighted by atomic mass is 10.1. The Kier molecular flexibility index (Phi) is 5.52. The summed E-state index contributed by atoms with van der Waals surface area (Å²) in [5.74, 6) is 0. The second-order valence-electron chi connectivity index (χ2n) is 4.72. The van der Waals surface area contributed by atoms with Crippen molar-refractivity contribution in [1.82, 2.24) is 10.0 Å². The lowest BCUT2D eigenvalue weighted by Crippen LogP contribution is -2.24. The van der Waals surface area contributed by atoms with Gasteiger partial charge in [0.15, 0.2) is 0 Å². The molecule has 0 atom stereocenters. The molecular formula is C15H20N2O2S2. The second-order valence-corrected chi connectivity index (χ2v) is 7.49. The quantitative estimate of drug-likeness (QED) is 0.823. The van der Waals surface area contributed by atoms with Gasteiger partial charge in [-0.3, -0.25) is 0 Å². The van der Waals surface area contributed by atoms with Gasteiger partial charge in [0.05, 0.1) is 4.90 Å². The Morgan fingerprint density at radius 1 is 1.14 bits per heavy atom. The van der Waals surface area contributed by atoms with Crippen LogP contribution in [0.15, 0.2) is 40.6 Å². The van der Waals surface area contributed by atoms with Crippen LogP contribution in [0, 0.1) is 6.92 Å². The van der Waals surface area contributed by atoms with Crippen LogP contribution in [0.1, 0.15) is 22.9 Å². The molecule has 114 valence electrons. The molecule has 21 heavy (non-hydrogen) atoms. The highest BCUT2D eigenvalue weighted by Gasteiger charge is 2.18. The molecule has 6 heteroatoms. The van der Waals surface area contributed by atoms with E-state index in [9.17, 15) is 8.42 Å². The average Bonchev–Trinajstić information content (AvgIpc) is 2.97. The van der Waals surface area contributed by atoms with Crippen molar-refractivity contribution in [2.75, 3.05) is 6.54 Å². The number of sulfonamides is 1. The van der Waals surface area contributed by atoms with Crippen molar-refractivity contribution < 1.29 is 8.42 Å². The first-order chi connectivity index (χ1) is 10.0. The van der Waals surface area contributed by atoms with Gasteiger partial charge in [0.25, 0.3) is 0 Å². The smallest absolute Gasteiger partial charge is 0.241 e. The van der Waals surface area contributed by atoms with Crippen LogP contribution in [0.2, 0.25) is 0 Å². The van der Waals surface area contributed by atoms with E-state index in [0.29, 0.717) is 18.0 Å². The fourth-order valence-corrected chi connectivity index (χ4v) is 4.09. The zero-order valence-electron chi connectivity index (χ0n) is 12.2.